The predicted molar refractivity (Wildman–Crippen MR) is 72.1 cm³/mol. The summed E-state index contributed by atoms with van der Waals surface area (Å²) in [6, 6.07) is 0.367. The molecule has 2 unspecified atom stereocenters. The highest BCUT2D eigenvalue weighted by Gasteiger charge is 2.34. The Morgan fingerprint density at radius 3 is 1.72 bits per heavy atom. The van der Waals surface area contributed by atoms with E-state index in [1.54, 1.807) is 0 Å². The van der Waals surface area contributed by atoms with Crippen molar-refractivity contribution < 1.29 is 9.59 Å². The zero-order chi connectivity index (χ0) is 13.8. The van der Waals surface area contributed by atoms with E-state index in [9.17, 15) is 9.59 Å². The van der Waals surface area contributed by atoms with Crippen LogP contribution in [0.15, 0.2) is 0 Å². The van der Waals surface area contributed by atoms with E-state index in [-0.39, 0.29) is 29.3 Å². The van der Waals surface area contributed by atoms with Gasteiger partial charge in [0.2, 0.25) is 11.8 Å². The molecule has 0 aromatic heterocycles. The fourth-order valence-electron chi connectivity index (χ4n) is 2.81. The normalized spacial score (nSPS) is 26.4. The first-order chi connectivity index (χ1) is 8.36. The van der Waals surface area contributed by atoms with Gasteiger partial charge in [0, 0.05) is 24.9 Å². The largest absolute Gasteiger partial charge is 0.353 e. The molecule has 4 nitrogen and oxygen atoms in total. The molecule has 104 valence electrons. The van der Waals surface area contributed by atoms with Gasteiger partial charge in [-0.1, -0.05) is 27.7 Å². The van der Waals surface area contributed by atoms with Gasteiger partial charge in [-0.3, -0.25) is 9.59 Å². The summed E-state index contributed by atoms with van der Waals surface area (Å²) in [5, 5.41) is 6.11. The molecule has 1 aliphatic carbocycles. The van der Waals surface area contributed by atoms with Crippen molar-refractivity contribution in [2.75, 3.05) is 0 Å². The Balaban J connectivity index is 2.60. The van der Waals surface area contributed by atoms with E-state index in [1.807, 2.05) is 13.8 Å². The Labute approximate surface area is 110 Å². The van der Waals surface area contributed by atoms with E-state index in [0.717, 1.165) is 19.3 Å². The lowest BCUT2D eigenvalue weighted by Gasteiger charge is -2.40. The Hall–Kier alpha value is -1.06. The number of hydrogen-bond donors (Lipinski definition) is 2. The van der Waals surface area contributed by atoms with Gasteiger partial charge in [0.1, 0.15) is 0 Å². The molecular weight excluding hydrogens is 228 g/mol. The van der Waals surface area contributed by atoms with Gasteiger partial charge in [-0.2, -0.15) is 0 Å². The highest BCUT2D eigenvalue weighted by atomic mass is 16.2. The maximum Gasteiger partial charge on any atom is 0.219 e. The average molecular weight is 254 g/mol. The quantitative estimate of drug-likeness (QED) is 0.806. The van der Waals surface area contributed by atoms with Gasteiger partial charge in [-0.25, -0.2) is 0 Å². The summed E-state index contributed by atoms with van der Waals surface area (Å²) >= 11 is 0. The Morgan fingerprint density at radius 1 is 1.00 bits per heavy atom. The second-order valence-corrected chi connectivity index (χ2v) is 6.04. The minimum Gasteiger partial charge on any atom is -0.353 e. The van der Waals surface area contributed by atoms with Gasteiger partial charge in [0.25, 0.3) is 0 Å². The average Bonchev–Trinajstić information content (AvgIpc) is 2.26. The third-order valence-corrected chi connectivity index (χ3v) is 3.54. The maximum atomic E-state index is 11.5. The minimum absolute atomic E-state index is 0.0956. The third kappa shape index (κ3) is 4.67. The van der Waals surface area contributed by atoms with Gasteiger partial charge >= 0.3 is 0 Å². The second-order valence-electron chi connectivity index (χ2n) is 6.04. The van der Waals surface area contributed by atoms with E-state index < -0.39 is 0 Å². The molecule has 4 heteroatoms. The van der Waals surface area contributed by atoms with Crippen molar-refractivity contribution in [3.8, 4) is 0 Å². The highest BCUT2D eigenvalue weighted by Crippen LogP contribution is 2.35. The van der Waals surface area contributed by atoms with Crippen LogP contribution in [-0.2, 0) is 9.59 Å². The Morgan fingerprint density at radius 2 is 1.39 bits per heavy atom. The number of hydrogen-bond acceptors (Lipinski definition) is 2. The maximum absolute atomic E-state index is 11.5. The van der Waals surface area contributed by atoms with Crippen molar-refractivity contribution in [3.63, 3.8) is 0 Å². The molecule has 2 N–H and O–H groups in total. The van der Waals surface area contributed by atoms with Crippen LogP contribution in [0.25, 0.3) is 0 Å². The third-order valence-electron chi connectivity index (χ3n) is 3.54. The van der Waals surface area contributed by atoms with Crippen molar-refractivity contribution in [2.45, 2.75) is 71.9 Å². The molecule has 1 fully saturated rings. The smallest absolute Gasteiger partial charge is 0.219 e. The fourth-order valence-corrected chi connectivity index (χ4v) is 2.81. The number of nitrogens with one attached hydrogen (secondary N) is 2. The van der Waals surface area contributed by atoms with Crippen LogP contribution in [0, 0.1) is 5.41 Å². The van der Waals surface area contributed by atoms with Crippen molar-refractivity contribution in [3.05, 3.63) is 0 Å². The summed E-state index contributed by atoms with van der Waals surface area (Å²) in [4.78, 5) is 23.0. The first kappa shape index (κ1) is 15.0. The molecule has 0 aliphatic heterocycles. The summed E-state index contributed by atoms with van der Waals surface area (Å²) in [5.74, 6) is 0.191. The van der Waals surface area contributed by atoms with Gasteiger partial charge in [-0.15, -0.1) is 0 Å². The lowest BCUT2D eigenvalue weighted by Crippen LogP contribution is -2.50. The Bertz CT molecular complexity index is 285. The highest BCUT2D eigenvalue weighted by molar-refractivity contribution is 5.76. The van der Waals surface area contributed by atoms with Gasteiger partial charge < -0.3 is 10.6 Å². The molecule has 0 aromatic rings. The van der Waals surface area contributed by atoms with Crippen LogP contribution in [0.5, 0.6) is 0 Å². The van der Waals surface area contributed by atoms with Gasteiger partial charge in [0.15, 0.2) is 0 Å². The van der Waals surface area contributed by atoms with E-state index in [1.165, 1.54) is 0 Å². The number of carbonyl (C=O) groups excluding carboxylic acids is 2. The van der Waals surface area contributed by atoms with Crippen LogP contribution in [0.4, 0.5) is 0 Å². The summed E-state index contributed by atoms with van der Waals surface area (Å²) < 4.78 is 0. The van der Waals surface area contributed by atoms with Crippen LogP contribution in [0.1, 0.15) is 59.8 Å². The number of carbonyl (C=O) groups is 2. The van der Waals surface area contributed by atoms with Crippen LogP contribution >= 0.6 is 0 Å². The molecule has 1 aliphatic rings. The van der Waals surface area contributed by atoms with Crippen molar-refractivity contribution >= 4 is 11.8 Å². The monoisotopic (exact) mass is 254 g/mol. The molecule has 18 heavy (non-hydrogen) atoms. The first-order valence-electron chi connectivity index (χ1n) is 6.95. The topological polar surface area (TPSA) is 58.2 Å². The van der Waals surface area contributed by atoms with Crippen molar-refractivity contribution in [2.24, 2.45) is 5.41 Å². The zero-order valence-corrected chi connectivity index (χ0v) is 12.0. The molecule has 0 bridgehead atoms. The second kappa shape index (κ2) is 6.21. The lowest BCUT2D eigenvalue weighted by atomic mass is 9.72. The molecule has 0 radical (unpaired) electrons. The molecule has 0 aromatic carbocycles. The van der Waals surface area contributed by atoms with Crippen LogP contribution < -0.4 is 10.6 Å². The van der Waals surface area contributed by atoms with Crippen LogP contribution in [0.3, 0.4) is 0 Å². The van der Waals surface area contributed by atoms with E-state index >= 15 is 0 Å². The van der Waals surface area contributed by atoms with E-state index in [4.69, 9.17) is 0 Å². The SMILES string of the molecule is CCC(=O)NC1CC(NC(=O)CC)CC(C)(C)C1. The Kier molecular flexibility index (Phi) is 5.17. The van der Waals surface area contributed by atoms with Gasteiger partial charge in [0.05, 0.1) is 0 Å². The van der Waals surface area contributed by atoms with Gasteiger partial charge in [-0.05, 0) is 24.7 Å². The molecule has 1 saturated carbocycles. The van der Waals surface area contributed by atoms with Crippen molar-refractivity contribution in [1.82, 2.24) is 10.6 Å². The summed E-state index contributed by atoms with van der Waals surface area (Å²) in [5.41, 5.74) is 0.162. The summed E-state index contributed by atoms with van der Waals surface area (Å²) in [7, 11) is 0. The van der Waals surface area contributed by atoms with Crippen molar-refractivity contribution in [1.29, 1.82) is 0 Å². The molecule has 2 atom stereocenters. The molecule has 2 amide bonds. The molecule has 0 heterocycles. The number of amides is 2. The summed E-state index contributed by atoms with van der Waals surface area (Å²) in [6.45, 7) is 8.12. The first-order valence-corrected chi connectivity index (χ1v) is 6.95. The van der Waals surface area contributed by atoms with E-state index in [2.05, 4.69) is 24.5 Å². The minimum atomic E-state index is 0.0956. The fraction of sp³-hybridized carbons (Fsp3) is 0.857. The van der Waals surface area contributed by atoms with Crippen LogP contribution in [-0.4, -0.2) is 23.9 Å². The molecule has 0 spiro atoms. The molecule has 1 rings (SSSR count). The number of rotatable bonds is 4. The van der Waals surface area contributed by atoms with Crippen LogP contribution in [0.2, 0.25) is 0 Å². The molecule has 0 saturated heterocycles. The lowest BCUT2D eigenvalue weighted by molar-refractivity contribution is -0.122. The predicted octanol–water partition coefficient (Wildman–Crippen LogP) is 1.99. The molecular formula is C14H26N2O2. The summed E-state index contributed by atoms with van der Waals surface area (Å²) in [6.07, 6.45) is 3.85. The van der Waals surface area contributed by atoms with E-state index in [0.29, 0.717) is 12.8 Å². The zero-order valence-electron chi connectivity index (χ0n) is 12.0. The standard InChI is InChI=1S/C14H26N2O2/c1-5-12(17)15-10-7-11(16-13(18)6-2)9-14(3,4)8-10/h10-11H,5-9H2,1-4H3,(H,15,17)(H,16,18).